The number of hydrogen-bond donors (Lipinski definition) is 0. The van der Waals surface area contributed by atoms with Gasteiger partial charge >= 0.3 is 6.09 Å². The lowest BCUT2D eigenvalue weighted by molar-refractivity contribution is 0.160. The maximum Gasteiger partial charge on any atom is 0.410 e. The van der Waals surface area contributed by atoms with E-state index in [1.807, 2.05) is 30.4 Å². The Labute approximate surface area is 135 Å². The minimum Gasteiger partial charge on any atom is -0.447 e. The number of hydrogen-bond acceptors (Lipinski definition) is 2. The van der Waals surface area contributed by atoms with Crippen LogP contribution >= 0.6 is 0 Å². The van der Waals surface area contributed by atoms with Gasteiger partial charge in [-0.2, -0.15) is 0 Å². The molecule has 118 valence electrons. The van der Waals surface area contributed by atoms with Crippen LogP contribution in [0.25, 0.3) is 6.08 Å². The Balaban J connectivity index is 1.62. The fraction of sp³-hybridized carbons (Fsp3) is 0.211. The van der Waals surface area contributed by atoms with E-state index in [0.29, 0.717) is 13.2 Å². The van der Waals surface area contributed by atoms with Crippen molar-refractivity contribution < 1.29 is 13.9 Å². The highest BCUT2D eigenvalue weighted by Crippen LogP contribution is 2.17. The summed E-state index contributed by atoms with van der Waals surface area (Å²) in [6, 6.07) is 16.4. The molecule has 2 aromatic carbocycles. The van der Waals surface area contributed by atoms with Crippen molar-refractivity contribution in [1.29, 1.82) is 0 Å². The lowest BCUT2D eigenvalue weighted by atomic mass is 10.1. The summed E-state index contributed by atoms with van der Waals surface area (Å²) in [5.74, 6) is -0.256. The Morgan fingerprint density at radius 1 is 1.13 bits per heavy atom. The molecular formula is C19H18FNO2. The van der Waals surface area contributed by atoms with Crippen LogP contribution in [0.3, 0.4) is 0 Å². The first-order valence-corrected chi connectivity index (χ1v) is 7.62. The predicted molar refractivity (Wildman–Crippen MR) is 87.4 cm³/mol. The van der Waals surface area contributed by atoms with E-state index in [-0.39, 0.29) is 18.0 Å². The third-order valence-corrected chi connectivity index (χ3v) is 3.87. The van der Waals surface area contributed by atoms with Gasteiger partial charge in [0.2, 0.25) is 0 Å². The molecule has 3 nitrogen and oxygen atoms in total. The smallest absolute Gasteiger partial charge is 0.410 e. The molecule has 0 bridgehead atoms. The minimum absolute atomic E-state index is 0.0442. The van der Waals surface area contributed by atoms with Crippen molar-refractivity contribution in [2.24, 2.45) is 0 Å². The molecule has 1 aliphatic heterocycles. The molecule has 1 amide bonds. The van der Waals surface area contributed by atoms with Crippen molar-refractivity contribution >= 4 is 12.2 Å². The largest absolute Gasteiger partial charge is 0.447 e. The molecule has 1 atom stereocenters. The van der Waals surface area contributed by atoms with Crippen LogP contribution in [-0.4, -0.2) is 30.2 Å². The molecule has 2 aromatic rings. The van der Waals surface area contributed by atoms with Crippen LogP contribution < -0.4 is 0 Å². The van der Waals surface area contributed by atoms with Gasteiger partial charge in [-0.25, -0.2) is 9.18 Å². The van der Waals surface area contributed by atoms with Crippen molar-refractivity contribution in [3.8, 4) is 0 Å². The third kappa shape index (κ3) is 3.97. The Hall–Kier alpha value is -2.62. The van der Waals surface area contributed by atoms with Crippen molar-refractivity contribution in [3.05, 3.63) is 77.6 Å². The molecule has 0 aliphatic carbocycles. The topological polar surface area (TPSA) is 29.5 Å². The summed E-state index contributed by atoms with van der Waals surface area (Å²) in [4.78, 5) is 13.6. The molecule has 1 fully saturated rings. The second-order valence-corrected chi connectivity index (χ2v) is 5.53. The first-order valence-electron chi connectivity index (χ1n) is 7.62. The van der Waals surface area contributed by atoms with E-state index in [0.717, 1.165) is 12.0 Å². The second kappa shape index (κ2) is 7.09. The maximum absolute atomic E-state index is 12.9. The normalized spacial score (nSPS) is 17.7. The van der Waals surface area contributed by atoms with Gasteiger partial charge in [-0.15, -0.1) is 0 Å². The highest BCUT2D eigenvalue weighted by atomic mass is 19.1. The van der Waals surface area contributed by atoms with Gasteiger partial charge in [-0.1, -0.05) is 54.6 Å². The second-order valence-electron chi connectivity index (χ2n) is 5.53. The van der Waals surface area contributed by atoms with Gasteiger partial charge in [-0.05, 0) is 29.7 Å². The summed E-state index contributed by atoms with van der Waals surface area (Å²) >= 11 is 0. The van der Waals surface area contributed by atoms with Gasteiger partial charge in [0.25, 0.3) is 0 Å². The maximum atomic E-state index is 12.9. The SMILES string of the molecule is O=C1OC[C@@H](Cc2ccccc2)N1C/C=C/c1ccc(F)cc1. The molecule has 0 radical (unpaired) electrons. The molecule has 1 saturated heterocycles. The highest BCUT2D eigenvalue weighted by Gasteiger charge is 2.31. The zero-order chi connectivity index (χ0) is 16.1. The van der Waals surface area contributed by atoms with Crippen LogP contribution in [0.15, 0.2) is 60.7 Å². The molecule has 1 heterocycles. The fourth-order valence-electron chi connectivity index (χ4n) is 2.64. The highest BCUT2D eigenvalue weighted by molar-refractivity contribution is 5.70. The zero-order valence-corrected chi connectivity index (χ0v) is 12.7. The Morgan fingerprint density at radius 3 is 2.61 bits per heavy atom. The quantitative estimate of drug-likeness (QED) is 0.838. The van der Waals surface area contributed by atoms with Crippen LogP contribution in [0.5, 0.6) is 0 Å². The predicted octanol–water partition coefficient (Wildman–Crippen LogP) is 3.90. The van der Waals surface area contributed by atoms with E-state index in [4.69, 9.17) is 4.74 Å². The van der Waals surface area contributed by atoms with Crippen molar-refractivity contribution in [1.82, 2.24) is 4.90 Å². The van der Waals surface area contributed by atoms with Gasteiger partial charge in [0.15, 0.2) is 0 Å². The average molecular weight is 311 g/mol. The molecule has 0 N–H and O–H groups in total. The van der Waals surface area contributed by atoms with Crippen LogP contribution in [0, 0.1) is 5.82 Å². The number of rotatable bonds is 5. The Bertz CT molecular complexity index is 682. The molecule has 0 saturated carbocycles. The number of carbonyl (C=O) groups excluding carboxylic acids is 1. The lowest BCUT2D eigenvalue weighted by Gasteiger charge is -2.19. The van der Waals surface area contributed by atoms with Crippen molar-refractivity contribution in [2.45, 2.75) is 12.5 Å². The summed E-state index contributed by atoms with van der Waals surface area (Å²) in [5, 5.41) is 0. The summed E-state index contributed by atoms with van der Waals surface area (Å²) in [6.07, 6.45) is 4.27. The Kier molecular flexibility index (Phi) is 4.71. The van der Waals surface area contributed by atoms with Crippen LogP contribution in [-0.2, 0) is 11.2 Å². The van der Waals surface area contributed by atoms with Gasteiger partial charge in [0, 0.05) is 6.54 Å². The summed E-state index contributed by atoms with van der Waals surface area (Å²) in [5.41, 5.74) is 2.09. The Morgan fingerprint density at radius 2 is 1.87 bits per heavy atom. The molecule has 1 aliphatic rings. The van der Waals surface area contributed by atoms with Crippen LogP contribution in [0.1, 0.15) is 11.1 Å². The van der Waals surface area contributed by atoms with E-state index in [1.54, 1.807) is 17.0 Å². The fourth-order valence-corrected chi connectivity index (χ4v) is 2.64. The van der Waals surface area contributed by atoms with E-state index >= 15 is 0 Å². The molecule has 3 rings (SSSR count). The monoisotopic (exact) mass is 311 g/mol. The van der Waals surface area contributed by atoms with E-state index in [1.165, 1.54) is 17.7 Å². The standard InChI is InChI=1S/C19H18FNO2/c20-17-10-8-15(9-11-17)7-4-12-21-18(14-23-19(21)22)13-16-5-2-1-3-6-16/h1-11,18H,12-14H2/b7-4+/t18-/m1/s1. The summed E-state index contributed by atoms with van der Waals surface area (Å²) in [7, 11) is 0. The number of amides is 1. The van der Waals surface area contributed by atoms with Gasteiger partial charge in [0.1, 0.15) is 12.4 Å². The van der Waals surface area contributed by atoms with E-state index in [9.17, 15) is 9.18 Å². The molecular weight excluding hydrogens is 293 g/mol. The van der Waals surface area contributed by atoms with Gasteiger partial charge in [-0.3, -0.25) is 4.90 Å². The lowest BCUT2D eigenvalue weighted by Crippen LogP contribution is -2.35. The van der Waals surface area contributed by atoms with E-state index < -0.39 is 0 Å². The van der Waals surface area contributed by atoms with Crippen LogP contribution in [0.4, 0.5) is 9.18 Å². The van der Waals surface area contributed by atoms with Crippen LogP contribution in [0.2, 0.25) is 0 Å². The molecule has 0 aromatic heterocycles. The van der Waals surface area contributed by atoms with Gasteiger partial charge < -0.3 is 4.74 Å². The summed E-state index contributed by atoms with van der Waals surface area (Å²) < 4.78 is 18.0. The van der Waals surface area contributed by atoms with Gasteiger partial charge in [0.05, 0.1) is 6.04 Å². The van der Waals surface area contributed by atoms with Crippen molar-refractivity contribution in [2.75, 3.05) is 13.2 Å². The first kappa shape index (κ1) is 15.3. The average Bonchev–Trinajstić information content (AvgIpc) is 2.91. The third-order valence-electron chi connectivity index (χ3n) is 3.87. The molecule has 0 unspecified atom stereocenters. The zero-order valence-electron chi connectivity index (χ0n) is 12.7. The molecule has 23 heavy (non-hydrogen) atoms. The first-order chi connectivity index (χ1) is 11.2. The number of ether oxygens (including phenoxy) is 1. The van der Waals surface area contributed by atoms with Crippen molar-refractivity contribution in [3.63, 3.8) is 0 Å². The number of nitrogens with zero attached hydrogens (tertiary/aromatic N) is 1. The summed E-state index contributed by atoms with van der Waals surface area (Å²) in [6.45, 7) is 0.895. The van der Waals surface area contributed by atoms with E-state index in [2.05, 4.69) is 12.1 Å². The number of halogens is 1. The number of cyclic esters (lactones) is 1. The number of benzene rings is 2. The number of carbonyl (C=O) groups is 1. The minimum atomic E-state index is -0.283. The molecule has 0 spiro atoms. The molecule has 4 heteroatoms.